The summed E-state index contributed by atoms with van der Waals surface area (Å²) < 4.78 is 1.80. The van der Waals surface area contributed by atoms with Crippen LogP contribution in [-0.2, 0) is 13.6 Å². The molecule has 2 heterocycles. The van der Waals surface area contributed by atoms with Crippen molar-refractivity contribution < 1.29 is 0 Å². The summed E-state index contributed by atoms with van der Waals surface area (Å²) in [6.45, 7) is 4.33. The Hall–Kier alpha value is -0.940. The molecule has 0 atom stereocenters. The van der Waals surface area contributed by atoms with E-state index < -0.39 is 0 Å². The van der Waals surface area contributed by atoms with E-state index in [0.29, 0.717) is 5.54 Å². The van der Waals surface area contributed by atoms with Crippen molar-refractivity contribution in [1.82, 2.24) is 25.2 Å². The first-order valence-corrected chi connectivity index (χ1v) is 7.10. The average molecular weight is 249 g/mol. The van der Waals surface area contributed by atoms with Crippen molar-refractivity contribution in [3.63, 3.8) is 0 Å². The van der Waals surface area contributed by atoms with Crippen LogP contribution in [0.3, 0.4) is 0 Å². The lowest BCUT2D eigenvalue weighted by Gasteiger charge is -2.49. The Bertz CT molecular complexity index is 386. The molecule has 0 aromatic carbocycles. The Morgan fingerprint density at radius 1 is 1.33 bits per heavy atom. The number of rotatable bonds is 2. The van der Waals surface area contributed by atoms with Crippen molar-refractivity contribution in [2.45, 2.75) is 44.2 Å². The fourth-order valence-corrected chi connectivity index (χ4v) is 3.50. The molecule has 0 bridgehead atoms. The molecule has 3 rings (SSSR count). The number of hydrogen-bond acceptors (Lipinski definition) is 4. The monoisotopic (exact) mass is 249 g/mol. The standard InChI is InChI=1S/C13H23N5/c1-17-9-12(15-16-17)10-18-8-7-14-11-13(18)5-3-2-4-6-13/h9,14H,2-8,10-11H2,1H3. The molecule has 2 aliphatic rings. The highest BCUT2D eigenvalue weighted by Gasteiger charge is 2.39. The zero-order valence-corrected chi connectivity index (χ0v) is 11.2. The van der Waals surface area contributed by atoms with E-state index in [0.717, 1.165) is 31.9 Å². The van der Waals surface area contributed by atoms with Gasteiger partial charge in [0.15, 0.2) is 0 Å². The highest BCUT2D eigenvalue weighted by atomic mass is 15.4. The molecule has 1 aliphatic carbocycles. The first-order chi connectivity index (χ1) is 8.78. The Labute approximate surface area is 109 Å². The molecule has 1 saturated carbocycles. The van der Waals surface area contributed by atoms with Gasteiger partial charge in [-0.15, -0.1) is 5.10 Å². The van der Waals surface area contributed by atoms with Crippen LogP contribution in [0, 0.1) is 0 Å². The summed E-state index contributed by atoms with van der Waals surface area (Å²) in [4.78, 5) is 2.65. The number of nitrogens with one attached hydrogen (secondary N) is 1. The van der Waals surface area contributed by atoms with Gasteiger partial charge in [-0.05, 0) is 12.8 Å². The second-order valence-electron chi connectivity index (χ2n) is 5.77. The Morgan fingerprint density at radius 3 is 2.89 bits per heavy atom. The molecule has 0 radical (unpaired) electrons. The van der Waals surface area contributed by atoms with E-state index in [9.17, 15) is 0 Å². The molecule has 5 heteroatoms. The highest BCUT2D eigenvalue weighted by molar-refractivity contribution is 5.01. The molecule has 18 heavy (non-hydrogen) atoms. The lowest BCUT2D eigenvalue weighted by Crippen LogP contribution is -2.61. The van der Waals surface area contributed by atoms with E-state index in [1.165, 1.54) is 32.1 Å². The summed E-state index contributed by atoms with van der Waals surface area (Å²) >= 11 is 0. The SMILES string of the molecule is Cn1cc(CN2CCNCC23CCCCC3)nn1. The normalized spacial score (nSPS) is 24.5. The van der Waals surface area contributed by atoms with Crippen LogP contribution in [0.25, 0.3) is 0 Å². The van der Waals surface area contributed by atoms with Gasteiger partial charge >= 0.3 is 0 Å². The van der Waals surface area contributed by atoms with Gasteiger partial charge in [0, 0.05) is 45.0 Å². The molecular weight excluding hydrogens is 226 g/mol. The summed E-state index contributed by atoms with van der Waals surface area (Å²) in [6, 6.07) is 0. The van der Waals surface area contributed by atoms with E-state index in [-0.39, 0.29) is 0 Å². The molecular formula is C13H23N5. The number of piperazine rings is 1. The van der Waals surface area contributed by atoms with Crippen molar-refractivity contribution >= 4 is 0 Å². The van der Waals surface area contributed by atoms with E-state index in [1.54, 1.807) is 4.68 Å². The van der Waals surface area contributed by atoms with Crippen LogP contribution in [0.4, 0.5) is 0 Å². The van der Waals surface area contributed by atoms with Gasteiger partial charge in [-0.1, -0.05) is 24.5 Å². The van der Waals surface area contributed by atoms with Crippen LogP contribution >= 0.6 is 0 Å². The van der Waals surface area contributed by atoms with Gasteiger partial charge in [-0.2, -0.15) is 0 Å². The summed E-state index contributed by atoms with van der Waals surface area (Å²) in [5, 5.41) is 11.9. The number of nitrogens with zero attached hydrogens (tertiary/aromatic N) is 4. The van der Waals surface area contributed by atoms with E-state index in [2.05, 4.69) is 20.5 Å². The topological polar surface area (TPSA) is 46.0 Å². The fourth-order valence-electron chi connectivity index (χ4n) is 3.50. The van der Waals surface area contributed by atoms with Gasteiger partial charge in [-0.3, -0.25) is 9.58 Å². The van der Waals surface area contributed by atoms with Gasteiger partial charge in [-0.25, -0.2) is 0 Å². The largest absolute Gasteiger partial charge is 0.314 e. The van der Waals surface area contributed by atoms with E-state index in [1.807, 2.05) is 13.2 Å². The maximum absolute atomic E-state index is 4.24. The number of aromatic nitrogens is 3. The molecule has 0 unspecified atom stereocenters. The second kappa shape index (κ2) is 4.97. The number of aryl methyl sites for hydroxylation is 1. The maximum Gasteiger partial charge on any atom is 0.0967 e. The average Bonchev–Trinajstić information content (AvgIpc) is 2.79. The molecule has 1 aromatic heterocycles. The lowest BCUT2D eigenvalue weighted by atomic mass is 9.79. The first kappa shape index (κ1) is 12.1. The van der Waals surface area contributed by atoms with Crippen LogP contribution in [0.15, 0.2) is 6.20 Å². The van der Waals surface area contributed by atoms with E-state index in [4.69, 9.17) is 0 Å². The summed E-state index contributed by atoms with van der Waals surface area (Å²) in [6.07, 6.45) is 8.86. The number of hydrogen-bond donors (Lipinski definition) is 1. The zero-order valence-electron chi connectivity index (χ0n) is 11.2. The quantitative estimate of drug-likeness (QED) is 0.847. The minimum Gasteiger partial charge on any atom is -0.314 e. The van der Waals surface area contributed by atoms with Crippen molar-refractivity contribution in [3.05, 3.63) is 11.9 Å². The highest BCUT2D eigenvalue weighted by Crippen LogP contribution is 2.35. The van der Waals surface area contributed by atoms with Gasteiger partial charge in [0.2, 0.25) is 0 Å². The summed E-state index contributed by atoms with van der Waals surface area (Å²) in [5.74, 6) is 0. The molecule has 1 aliphatic heterocycles. The fraction of sp³-hybridized carbons (Fsp3) is 0.846. The summed E-state index contributed by atoms with van der Waals surface area (Å²) in [7, 11) is 1.94. The molecule has 1 saturated heterocycles. The predicted octanol–water partition coefficient (Wildman–Crippen LogP) is 0.923. The third-order valence-corrected chi connectivity index (χ3v) is 4.47. The van der Waals surface area contributed by atoms with Gasteiger partial charge < -0.3 is 5.32 Å². The first-order valence-electron chi connectivity index (χ1n) is 7.10. The Morgan fingerprint density at radius 2 is 2.17 bits per heavy atom. The van der Waals surface area contributed by atoms with Crippen LogP contribution in [-0.4, -0.2) is 45.1 Å². The van der Waals surface area contributed by atoms with E-state index >= 15 is 0 Å². The van der Waals surface area contributed by atoms with Crippen LogP contribution < -0.4 is 5.32 Å². The molecule has 1 aromatic rings. The molecule has 1 spiro atoms. The maximum atomic E-state index is 4.24. The predicted molar refractivity (Wildman–Crippen MR) is 70.1 cm³/mol. The minimum atomic E-state index is 0.383. The second-order valence-corrected chi connectivity index (χ2v) is 5.77. The minimum absolute atomic E-state index is 0.383. The van der Waals surface area contributed by atoms with Gasteiger partial charge in [0.05, 0.1) is 5.69 Å². The van der Waals surface area contributed by atoms with Crippen molar-refractivity contribution in [2.24, 2.45) is 7.05 Å². The lowest BCUT2D eigenvalue weighted by molar-refractivity contribution is 0.0199. The molecule has 5 nitrogen and oxygen atoms in total. The molecule has 1 N–H and O–H groups in total. The smallest absolute Gasteiger partial charge is 0.0967 e. The molecule has 0 amide bonds. The third kappa shape index (κ3) is 2.29. The van der Waals surface area contributed by atoms with Gasteiger partial charge in [0.1, 0.15) is 0 Å². The Balaban J connectivity index is 1.75. The molecule has 100 valence electrons. The van der Waals surface area contributed by atoms with Crippen molar-refractivity contribution in [2.75, 3.05) is 19.6 Å². The molecule has 2 fully saturated rings. The van der Waals surface area contributed by atoms with Gasteiger partial charge in [0.25, 0.3) is 0 Å². The van der Waals surface area contributed by atoms with Crippen molar-refractivity contribution in [3.8, 4) is 0 Å². The van der Waals surface area contributed by atoms with Crippen LogP contribution in [0.1, 0.15) is 37.8 Å². The summed E-state index contributed by atoms with van der Waals surface area (Å²) in [5.41, 5.74) is 1.48. The van der Waals surface area contributed by atoms with Crippen LogP contribution in [0.2, 0.25) is 0 Å². The van der Waals surface area contributed by atoms with Crippen molar-refractivity contribution in [1.29, 1.82) is 0 Å². The zero-order chi connectivity index (χ0) is 12.4. The van der Waals surface area contributed by atoms with Crippen LogP contribution in [0.5, 0.6) is 0 Å². The Kier molecular flexibility index (Phi) is 3.35. The third-order valence-electron chi connectivity index (χ3n) is 4.47.